The molecular formula is C15H21ClO2. The Balaban J connectivity index is 2.15. The smallest absolute Gasteiger partial charge is 0.122 e. The quantitative estimate of drug-likeness (QED) is 0.899. The Kier molecular flexibility index (Phi) is 4.18. The summed E-state index contributed by atoms with van der Waals surface area (Å²) in [5.74, 6) is 0.806. The van der Waals surface area contributed by atoms with E-state index in [1.54, 1.807) is 7.11 Å². The molecule has 0 aliphatic heterocycles. The van der Waals surface area contributed by atoms with Crippen LogP contribution in [-0.2, 0) is 6.42 Å². The van der Waals surface area contributed by atoms with Crippen molar-refractivity contribution in [2.24, 2.45) is 5.41 Å². The molecule has 0 saturated heterocycles. The maximum Gasteiger partial charge on any atom is 0.122 e. The maximum atomic E-state index is 10.5. The zero-order chi connectivity index (χ0) is 13.2. The average Bonchev–Trinajstić information content (AvgIpc) is 2.78. The van der Waals surface area contributed by atoms with Gasteiger partial charge in [-0.05, 0) is 42.0 Å². The van der Waals surface area contributed by atoms with Gasteiger partial charge in [-0.3, -0.25) is 0 Å². The summed E-state index contributed by atoms with van der Waals surface area (Å²) in [6.45, 7) is 2.18. The van der Waals surface area contributed by atoms with Crippen molar-refractivity contribution >= 4 is 11.6 Å². The van der Waals surface area contributed by atoms with Crippen molar-refractivity contribution in [2.45, 2.75) is 45.1 Å². The van der Waals surface area contributed by atoms with Crippen LogP contribution < -0.4 is 4.74 Å². The van der Waals surface area contributed by atoms with Gasteiger partial charge in [-0.1, -0.05) is 31.4 Å². The first-order valence-electron chi connectivity index (χ1n) is 6.56. The summed E-state index contributed by atoms with van der Waals surface area (Å²) in [6, 6.07) is 5.57. The predicted octanol–water partition coefficient (Wildman–Crippen LogP) is 3.83. The molecule has 0 heterocycles. The molecule has 18 heavy (non-hydrogen) atoms. The molecule has 1 aliphatic carbocycles. The summed E-state index contributed by atoms with van der Waals surface area (Å²) in [4.78, 5) is 0. The molecule has 1 aliphatic rings. The third-order valence-electron chi connectivity index (χ3n) is 4.21. The molecule has 1 aromatic rings. The molecule has 0 aromatic heterocycles. The lowest BCUT2D eigenvalue weighted by molar-refractivity contribution is 0.0419. The highest BCUT2D eigenvalue weighted by molar-refractivity contribution is 6.30. The molecule has 0 amide bonds. The van der Waals surface area contributed by atoms with E-state index < -0.39 is 0 Å². The van der Waals surface area contributed by atoms with Crippen LogP contribution in [0.25, 0.3) is 0 Å². The number of halogens is 1. The fourth-order valence-electron chi connectivity index (χ4n) is 2.88. The molecule has 0 bridgehead atoms. The first-order chi connectivity index (χ1) is 8.55. The van der Waals surface area contributed by atoms with E-state index in [0.29, 0.717) is 11.4 Å². The molecule has 1 N–H and O–H groups in total. The van der Waals surface area contributed by atoms with E-state index >= 15 is 0 Å². The number of hydrogen-bond acceptors (Lipinski definition) is 2. The van der Waals surface area contributed by atoms with Gasteiger partial charge in [-0.15, -0.1) is 0 Å². The number of hydrogen-bond donors (Lipinski definition) is 1. The summed E-state index contributed by atoms with van der Waals surface area (Å²) >= 11 is 6.01. The first-order valence-corrected chi connectivity index (χ1v) is 6.93. The van der Waals surface area contributed by atoms with Crippen molar-refractivity contribution in [3.63, 3.8) is 0 Å². The molecule has 2 nitrogen and oxygen atoms in total. The van der Waals surface area contributed by atoms with Crippen molar-refractivity contribution in [2.75, 3.05) is 7.11 Å². The van der Waals surface area contributed by atoms with Crippen LogP contribution >= 0.6 is 11.6 Å². The Bertz CT molecular complexity index is 411. The van der Waals surface area contributed by atoms with Crippen LogP contribution in [0.3, 0.4) is 0 Å². The normalized spacial score (nSPS) is 19.8. The van der Waals surface area contributed by atoms with Gasteiger partial charge < -0.3 is 9.84 Å². The molecule has 1 fully saturated rings. The van der Waals surface area contributed by atoms with Crippen LogP contribution in [0.15, 0.2) is 18.2 Å². The van der Waals surface area contributed by atoms with Crippen molar-refractivity contribution in [1.29, 1.82) is 0 Å². The molecule has 2 rings (SSSR count). The highest BCUT2D eigenvalue weighted by Gasteiger charge is 2.36. The predicted molar refractivity (Wildman–Crippen MR) is 74.3 cm³/mol. The molecule has 100 valence electrons. The van der Waals surface area contributed by atoms with Crippen LogP contribution in [-0.4, -0.2) is 18.3 Å². The number of aliphatic hydroxyl groups is 1. The minimum atomic E-state index is -0.327. The van der Waals surface area contributed by atoms with Gasteiger partial charge in [0.05, 0.1) is 13.2 Å². The van der Waals surface area contributed by atoms with Gasteiger partial charge >= 0.3 is 0 Å². The van der Waals surface area contributed by atoms with E-state index in [0.717, 1.165) is 24.2 Å². The van der Waals surface area contributed by atoms with Crippen molar-refractivity contribution < 1.29 is 9.84 Å². The lowest BCUT2D eigenvalue weighted by Crippen LogP contribution is -2.31. The Morgan fingerprint density at radius 3 is 2.67 bits per heavy atom. The lowest BCUT2D eigenvalue weighted by Gasteiger charge is -2.30. The molecule has 0 spiro atoms. The number of methoxy groups -OCH3 is 1. The van der Waals surface area contributed by atoms with Crippen LogP contribution in [0.5, 0.6) is 5.75 Å². The summed E-state index contributed by atoms with van der Waals surface area (Å²) in [5.41, 5.74) is 1.04. The Hall–Kier alpha value is -0.730. The van der Waals surface area contributed by atoms with Crippen LogP contribution in [0, 0.1) is 5.41 Å². The number of benzene rings is 1. The summed E-state index contributed by atoms with van der Waals surface area (Å²) in [5, 5.41) is 11.2. The van der Waals surface area contributed by atoms with E-state index in [-0.39, 0.29) is 11.5 Å². The highest BCUT2D eigenvalue weighted by atomic mass is 35.5. The molecular weight excluding hydrogens is 248 g/mol. The van der Waals surface area contributed by atoms with Crippen molar-refractivity contribution in [3.05, 3.63) is 28.8 Å². The second kappa shape index (κ2) is 5.50. The van der Waals surface area contributed by atoms with E-state index in [1.165, 1.54) is 12.8 Å². The molecule has 1 atom stereocenters. The van der Waals surface area contributed by atoms with Crippen LogP contribution in [0.2, 0.25) is 5.02 Å². The van der Waals surface area contributed by atoms with Crippen LogP contribution in [0.1, 0.15) is 38.2 Å². The zero-order valence-corrected chi connectivity index (χ0v) is 11.8. The third-order valence-corrected chi connectivity index (χ3v) is 4.44. The summed E-state index contributed by atoms with van der Waals surface area (Å²) in [7, 11) is 1.65. The van der Waals surface area contributed by atoms with Gasteiger partial charge in [0.1, 0.15) is 5.75 Å². The monoisotopic (exact) mass is 268 g/mol. The standard InChI is InChI=1S/C15H21ClO2/c1-15(7-3-4-8-15)14(17)10-11-9-12(16)5-6-13(11)18-2/h5-6,9,14,17H,3-4,7-8,10H2,1-2H3. The maximum absolute atomic E-state index is 10.5. The van der Waals surface area contributed by atoms with Crippen molar-refractivity contribution in [3.8, 4) is 5.75 Å². The first kappa shape index (κ1) is 13.7. The molecule has 0 radical (unpaired) electrons. The molecule has 3 heteroatoms. The van der Waals surface area contributed by atoms with Gasteiger partial charge in [0, 0.05) is 11.4 Å². The minimum Gasteiger partial charge on any atom is -0.496 e. The van der Waals surface area contributed by atoms with E-state index in [2.05, 4.69) is 6.92 Å². The zero-order valence-electron chi connectivity index (χ0n) is 11.1. The Morgan fingerprint density at radius 1 is 1.39 bits per heavy atom. The summed E-state index contributed by atoms with van der Waals surface area (Å²) < 4.78 is 5.33. The third kappa shape index (κ3) is 2.81. The average molecular weight is 269 g/mol. The topological polar surface area (TPSA) is 29.5 Å². The van der Waals surface area contributed by atoms with Gasteiger partial charge in [0.2, 0.25) is 0 Å². The van der Waals surface area contributed by atoms with E-state index in [9.17, 15) is 5.11 Å². The fraction of sp³-hybridized carbons (Fsp3) is 0.600. The SMILES string of the molecule is COc1ccc(Cl)cc1CC(O)C1(C)CCCC1. The van der Waals surface area contributed by atoms with Gasteiger partial charge in [-0.2, -0.15) is 0 Å². The highest BCUT2D eigenvalue weighted by Crippen LogP contribution is 2.42. The fourth-order valence-corrected chi connectivity index (χ4v) is 3.07. The van der Waals surface area contributed by atoms with Crippen LogP contribution in [0.4, 0.5) is 0 Å². The number of rotatable bonds is 4. The van der Waals surface area contributed by atoms with E-state index in [1.807, 2.05) is 18.2 Å². The molecule has 1 saturated carbocycles. The van der Waals surface area contributed by atoms with Crippen molar-refractivity contribution in [1.82, 2.24) is 0 Å². The Morgan fingerprint density at radius 2 is 2.06 bits per heavy atom. The van der Waals surface area contributed by atoms with Gasteiger partial charge in [0.15, 0.2) is 0 Å². The van der Waals surface area contributed by atoms with Gasteiger partial charge in [0.25, 0.3) is 0 Å². The van der Waals surface area contributed by atoms with E-state index in [4.69, 9.17) is 16.3 Å². The number of aliphatic hydroxyl groups excluding tert-OH is 1. The van der Waals surface area contributed by atoms with Gasteiger partial charge in [-0.25, -0.2) is 0 Å². The largest absolute Gasteiger partial charge is 0.496 e. The lowest BCUT2D eigenvalue weighted by atomic mass is 9.80. The Labute approximate surface area is 114 Å². The second-order valence-corrected chi connectivity index (χ2v) is 5.97. The minimum absolute atomic E-state index is 0.0489. The molecule has 1 unspecified atom stereocenters. The second-order valence-electron chi connectivity index (χ2n) is 5.54. The number of ether oxygens (including phenoxy) is 1. The summed E-state index contributed by atoms with van der Waals surface area (Å²) in [6.07, 6.45) is 4.95. The molecule has 1 aromatic carbocycles.